The number of aromatic nitrogens is 1. The van der Waals surface area contributed by atoms with Crippen LogP contribution in [0.25, 0.3) is 0 Å². The Kier molecular flexibility index (Phi) is 4.78. The Bertz CT molecular complexity index is 480. The van der Waals surface area contributed by atoms with Crippen LogP contribution in [0.4, 0.5) is 0 Å². The molecule has 0 aliphatic heterocycles. The SMILES string of the molecule is O=C(N/N=C/[C@H]1[C@H](CO)[C@@H](O)C[C@H]1O)c1ccncc1. The molecule has 1 aliphatic rings. The van der Waals surface area contributed by atoms with Gasteiger partial charge in [0.2, 0.25) is 0 Å². The number of aliphatic hydroxyl groups is 3. The van der Waals surface area contributed by atoms with Crippen LogP contribution in [0.5, 0.6) is 0 Å². The van der Waals surface area contributed by atoms with Crippen molar-refractivity contribution in [3.05, 3.63) is 30.1 Å². The van der Waals surface area contributed by atoms with E-state index in [1.165, 1.54) is 18.6 Å². The minimum absolute atomic E-state index is 0.195. The van der Waals surface area contributed by atoms with Gasteiger partial charge < -0.3 is 15.3 Å². The van der Waals surface area contributed by atoms with E-state index in [0.717, 1.165) is 0 Å². The summed E-state index contributed by atoms with van der Waals surface area (Å²) in [5.41, 5.74) is 2.75. The van der Waals surface area contributed by atoms with E-state index in [1.807, 2.05) is 0 Å². The van der Waals surface area contributed by atoms with Crippen molar-refractivity contribution in [1.82, 2.24) is 10.4 Å². The minimum atomic E-state index is -0.774. The summed E-state index contributed by atoms with van der Waals surface area (Å²) in [6.45, 7) is -0.243. The van der Waals surface area contributed by atoms with Gasteiger partial charge in [0.1, 0.15) is 0 Å². The van der Waals surface area contributed by atoms with Crippen LogP contribution in [0, 0.1) is 11.8 Å². The molecule has 1 heterocycles. The van der Waals surface area contributed by atoms with Crippen molar-refractivity contribution in [2.24, 2.45) is 16.9 Å². The van der Waals surface area contributed by atoms with Crippen LogP contribution in [0.2, 0.25) is 0 Å². The first kappa shape index (κ1) is 14.6. The quantitative estimate of drug-likeness (QED) is 0.423. The van der Waals surface area contributed by atoms with Crippen molar-refractivity contribution in [1.29, 1.82) is 0 Å². The Morgan fingerprint density at radius 3 is 2.75 bits per heavy atom. The van der Waals surface area contributed by atoms with E-state index in [2.05, 4.69) is 15.5 Å². The minimum Gasteiger partial charge on any atom is -0.396 e. The predicted molar refractivity (Wildman–Crippen MR) is 70.9 cm³/mol. The summed E-state index contributed by atoms with van der Waals surface area (Å²) in [5.74, 6) is -1.34. The average molecular weight is 279 g/mol. The first-order valence-electron chi connectivity index (χ1n) is 6.34. The molecule has 4 N–H and O–H groups in total. The number of nitrogens with one attached hydrogen (secondary N) is 1. The molecule has 1 saturated carbocycles. The molecule has 0 bridgehead atoms. The van der Waals surface area contributed by atoms with Gasteiger partial charge in [-0.25, -0.2) is 5.43 Å². The van der Waals surface area contributed by atoms with Crippen molar-refractivity contribution in [2.45, 2.75) is 18.6 Å². The van der Waals surface area contributed by atoms with Gasteiger partial charge in [0.15, 0.2) is 0 Å². The van der Waals surface area contributed by atoms with E-state index in [0.29, 0.717) is 5.56 Å². The van der Waals surface area contributed by atoms with Gasteiger partial charge in [-0.2, -0.15) is 5.10 Å². The summed E-state index contributed by atoms with van der Waals surface area (Å²) < 4.78 is 0. The number of carbonyl (C=O) groups is 1. The lowest BCUT2D eigenvalue weighted by atomic mass is 9.96. The third-order valence-corrected chi connectivity index (χ3v) is 3.48. The Labute approximate surface area is 116 Å². The van der Waals surface area contributed by atoms with Gasteiger partial charge >= 0.3 is 0 Å². The number of hydrogen-bond donors (Lipinski definition) is 4. The van der Waals surface area contributed by atoms with Gasteiger partial charge in [-0.05, 0) is 12.1 Å². The van der Waals surface area contributed by atoms with Crippen LogP contribution in [0.15, 0.2) is 29.6 Å². The maximum atomic E-state index is 11.7. The zero-order valence-electron chi connectivity index (χ0n) is 10.8. The topological polar surface area (TPSA) is 115 Å². The Morgan fingerprint density at radius 2 is 2.10 bits per heavy atom. The van der Waals surface area contributed by atoms with E-state index in [-0.39, 0.29) is 13.0 Å². The van der Waals surface area contributed by atoms with E-state index in [1.54, 1.807) is 12.1 Å². The van der Waals surface area contributed by atoms with Crippen LogP contribution in [-0.2, 0) is 0 Å². The summed E-state index contributed by atoms with van der Waals surface area (Å²) >= 11 is 0. The lowest BCUT2D eigenvalue weighted by Crippen LogP contribution is -2.28. The van der Waals surface area contributed by atoms with Crippen LogP contribution in [-0.4, -0.2) is 51.2 Å². The lowest BCUT2D eigenvalue weighted by Gasteiger charge is -2.16. The van der Waals surface area contributed by atoms with Gasteiger partial charge in [-0.3, -0.25) is 9.78 Å². The summed E-state index contributed by atoms with van der Waals surface area (Å²) in [5, 5.41) is 32.4. The van der Waals surface area contributed by atoms with Gasteiger partial charge in [0, 0.05) is 49.0 Å². The number of aliphatic hydroxyl groups excluding tert-OH is 3. The molecule has 0 aromatic carbocycles. The van der Waals surface area contributed by atoms with Gasteiger partial charge in [-0.1, -0.05) is 0 Å². The Morgan fingerprint density at radius 1 is 1.40 bits per heavy atom. The third-order valence-electron chi connectivity index (χ3n) is 3.48. The van der Waals surface area contributed by atoms with Crippen LogP contribution in [0.3, 0.4) is 0 Å². The first-order chi connectivity index (χ1) is 9.63. The fourth-order valence-electron chi connectivity index (χ4n) is 2.32. The fourth-order valence-corrected chi connectivity index (χ4v) is 2.32. The van der Waals surface area contributed by atoms with E-state index in [9.17, 15) is 20.1 Å². The van der Waals surface area contributed by atoms with Gasteiger partial charge in [-0.15, -0.1) is 0 Å². The van der Waals surface area contributed by atoms with E-state index >= 15 is 0 Å². The highest BCUT2D eigenvalue weighted by molar-refractivity contribution is 5.94. The maximum absolute atomic E-state index is 11.7. The summed E-state index contributed by atoms with van der Waals surface area (Å²) in [6, 6.07) is 3.10. The highest BCUT2D eigenvalue weighted by Crippen LogP contribution is 2.30. The number of nitrogens with zero attached hydrogens (tertiary/aromatic N) is 2. The normalized spacial score (nSPS) is 29.8. The number of carbonyl (C=O) groups excluding carboxylic acids is 1. The summed E-state index contributed by atoms with van der Waals surface area (Å²) in [6.07, 6.45) is 3.02. The number of pyridine rings is 1. The zero-order valence-corrected chi connectivity index (χ0v) is 10.8. The van der Waals surface area contributed by atoms with E-state index in [4.69, 9.17) is 0 Å². The Hall–Kier alpha value is -1.83. The molecule has 0 unspecified atom stereocenters. The van der Waals surface area contributed by atoms with Gasteiger partial charge in [0.25, 0.3) is 5.91 Å². The number of hydrazone groups is 1. The highest BCUT2D eigenvalue weighted by atomic mass is 16.3. The number of hydrogen-bond acceptors (Lipinski definition) is 6. The van der Waals surface area contributed by atoms with Crippen LogP contribution in [0.1, 0.15) is 16.8 Å². The summed E-state index contributed by atoms with van der Waals surface area (Å²) in [7, 11) is 0. The summed E-state index contributed by atoms with van der Waals surface area (Å²) in [4.78, 5) is 15.5. The maximum Gasteiger partial charge on any atom is 0.271 e. The molecule has 7 heteroatoms. The third kappa shape index (κ3) is 3.19. The Balaban J connectivity index is 1.95. The standard InChI is InChI=1S/C13H17N3O4/c17-7-10-9(11(18)5-12(10)19)6-15-16-13(20)8-1-3-14-4-2-8/h1-4,6,9-12,17-19H,5,7H2,(H,16,20)/b15-6+/t9-,10-,11+,12-/m0/s1. The first-order valence-corrected chi connectivity index (χ1v) is 6.34. The highest BCUT2D eigenvalue weighted by Gasteiger charge is 2.40. The second kappa shape index (κ2) is 6.56. The zero-order chi connectivity index (χ0) is 14.5. The lowest BCUT2D eigenvalue weighted by molar-refractivity contribution is 0.0831. The number of rotatable bonds is 4. The van der Waals surface area contributed by atoms with Gasteiger partial charge in [0.05, 0.1) is 12.2 Å². The fraction of sp³-hybridized carbons (Fsp3) is 0.462. The molecule has 0 radical (unpaired) electrons. The smallest absolute Gasteiger partial charge is 0.271 e. The van der Waals surface area contributed by atoms with Crippen molar-refractivity contribution >= 4 is 12.1 Å². The monoisotopic (exact) mass is 279 g/mol. The van der Waals surface area contributed by atoms with Crippen molar-refractivity contribution in [3.8, 4) is 0 Å². The number of amides is 1. The van der Waals surface area contributed by atoms with E-state index < -0.39 is 30.0 Å². The average Bonchev–Trinajstić information content (AvgIpc) is 2.73. The van der Waals surface area contributed by atoms with Crippen LogP contribution >= 0.6 is 0 Å². The van der Waals surface area contributed by atoms with Crippen molar-refractivity contribution < 1.29 is 20.1 Å². The molecular weight excluding hydrogens is 262 g/mol. The molecule has 0 saturated heterocycles. The molecule has 1 aromatic heterocycles. The van der Waals surface area contributed by atoms with Crippen molar-refractivity contribution in [3.63, 3.8) is 0 Å². The molecule has 1 aliphatic carbocycles. The molecule has 4 atom stereocenters. The molecular formula is C13H17N3O4. The molecule has 20 heavy (non-hydrogen) atoms. The molecule has 7 nitrogen and oxygen atoms in total. The largest absolute Gasteiger partial charge is 0.396 e. The predicted octanol–water partition coefficient (Wildman–Crippen LogP) is -0.853. The molecule has 2 rings (SSSR count). The van der Waals surface area contributed by atoms with Crippen molar-refractivity contribution in [2.75, 3.05) is 6.61 Å². The second-order valence-corrected chi connectivity index (χ2v) is 4.75. The van der Waals surface area contributed by atoms with Crippen LogP contribution < -0.4 is 5.43 Å². The molecule has 1 aromatic rings. The molecule has 0 spiro atoms. The molecule has 1 fully saturated rings. The molecule has 1 amide bonds. The molecule has 108 valence electrons. The second-order valence-electron chi connectivity index (χ2n) is 4.75.